The predicted octanol–water partition coefficient (Wildman–Crippen LogP) is 3.11. The summed E-state index contributed by atoms with van der Waals surface area (Å²) in [5, 5.41) is 10.8. The van der Waals surface area contributed by atoms with Crippen LogP contribution in [0.3, 0.4) is 0 Å². The van der Waals surface area contributed by atoms with Gasteiger partial charge in [0, 0.05) is 57.3 Å². The van der Waals surface area contributed by atoms with Crippen LogP contribution in [-0.2, 0) is 27.9 Å². The number of amides is 2. The van der Waals surface area contributed by atoms with Crippen molar-refractivity contribution in [2.75, 3.05) is 33.4 Å². The maximum Gasteiger partial charge on any atom is 0.269 e. The molecule has 9 nitrogen and oxygen atoms in total. The Morgan fingerprint density at radius 2 is 1.88 bits per heavy atom. The van der Waals surface area contributed by atoms with Gasteiger partial charge in [0.05, 0.1) is 18.1 Å². The minimum absolute atomic E-state index is 0.0140. The summed E-state index contributed by atoms with van der Waals surface area (Å²) in [4.78, 5) is 39.6. The number of aromatic nitrogens is 1. The zero-order valence-corrected chi connectivity index (χ0v) is 19.6. The molecule has 33 heavy (non-hydrogen) atoms. The number of nitro benzene ring substituents is 1. The second-order valence-corrected chi connectivity index (χ2v) is 8.21. The SMILES string of the molecule is COCCN(Cc1cccn1C)C(=O)CN(CC(C)C)C(=O)C=Cc1ccc([N+](=O)[O-])cc1. The van der Waals surface area contributed by atoms with E-state index < -0.39 is 4.92 Å². The molecule has 0 bridgehead atoms. The number of nitrogens with zero attached hydrogens (tertiary/aromatic N) is 4. The molecule has 0 atom stereocenters. The first-order chi connectivity index (χ1) is 15.7. The molecular weight excluding hydrogens is 424 g/mol. The average Bonchev–Trinajstić information content (AvgIpc) is 3.18. The Balaban J connectivity index is 2.12. The van der Waals surface area contributed by atoms with Crippen molar-refractivity contribution >= 4 is 23.6 Å². The normalized spacial score (nSPS) is 11.2. The van der Waals surface area contributed by atoms with E-state index in [1.807, 2.05) is 43.8 Å². The standard InChI is InChI=1S/C24H32N4O5/c1-19(2)16-27(23(29)12-9-20-7-10-21(11-8-20)28(31)32)18-24(30)26(14-15-33-4)17-22-6-5-13-25(22)3/h5-13,19H,14-18H2,1-4H3. The third kappa shape index (κ3) is 8.19. The van der Waals surface area contributed by atoms with Crippen LogP contribution in [0.15, 0.2) is 48.7 Å². The van der Waals surface area contributed by atoms with E-state index in [0.29, 0.717) is 31.8 Å². The van der Waals surface area contributed by atoms with Crippen molar-refractivity contribution in [3.63, 3.8) is 0 Å². The number of ether oxygens (including phenoxy) is 1. The van der Waals surface area contributed by atoms with Crippen LogP contribution in [0, 0.1) is 16.0 Å². The van der Waals surface area contributed by atoms with Crippen LogP contribution >= 0.6 is 0 Å². The molecule has 2 aromatic rings. The number of carbonyl (C=O) groups excluding carboxylic acids is 2. The lowest BCUT2D eigenvalue weighted by Crippen LogP contribution is -2.44. The second kappa shape index (κ2) is 12.5. The molecule has 0 spiro atoms. The molecule has 0 N–H and O–H groups in total. The number of methoxy groups -OCH3 is 1. The van der Waals surface area contributed by atoms with Gasteiger partial charge in [-0.15, -0.1) is 0 Å². The minimum Gasteiger partial charge on any atom is -0.383 e. The third-order valence-electron chi connectivity index (χ3n) is 5.07. The molecule has 1 aromatic carbocycles. The summed E-state index contributed by atoms with van der Waals surface area (Å²) >= 11 is 0. The number of hydrogen-bond acceptors (Lipinski definition) is 5. The van der Waals surface area contributed by atoms with Gasteiger partial charge in [0.1, 0.15) is 6.54 Å². The summed E-state index contributed by atoms with van der Waals surface area (Å²) in [6.07, 6.45) is 4.91. The smallest absolute Gasteiger partial charge is 0.269 e. The highest BCUT2D eigenvalue weighted by Gasteiger charge is 2.21. The van der Waals surface area contributed by atoms with Gasteiger partial charge in [-0.05, 0) is 41.8 Å². The van der Waals surface area contributed by atoms with Gasteiger partial charge >= 0.3 is 0 Å². The first-order valence-corrected chi connectivity index (χ1v) is 10.8. The Labute approximate surface area is 194 Å². The van der Waals surface area contributed by atoms with Gasteiger partial charge in [-0.3, -0.25) is 19.7 Å². The van der Waals surface area contributed by atoms with E-state index in [4.69, 9.17) is 4.74 Å². The molecule has 0 radical (unpaired) electrons. The van der Waals surface area contributed by atoms with Gasteiger partial charge in [-0.1, -0.05) is 13.8 Å². The van der Waals surface area contributed by atoms with Crippen LogP contribution in [0.5, 0.6) is 0 Å². The molecule has 0 fully saturated rings. The van der Waals surface area contributed by atoms with Crippen LogP contribution in [-0.4, -0.2) is 64.5 Å². The van der Waals surface area contributed by atoms with E-state index in [1.165, 1.54) is 23.1 Å². The van der Waals surface area contributed by atoms with Crippen LogP contribution < -0.4 is 0 Å². The molecule has 0 aliphatic carbocycles. The fourth-order valence-corrected chi connectivity index (χ4v) is 3.27. The summed E-state index contributed by atoms with van der Waals surface area (Å²) in [5.74, 6) is -0.276. The predicted molar refractivity (Wildman–Crippen MR) is 126 cm³/mol. The highest BCUT2D eigenvalue weighted by molar-refractivity contribution is 5.94. The lowest BCUT2D eigenvalue weighted by atomic mass is 10.1. The van der Waals surface area contributed by atoms with Gasteiger partial charge in [0.2, 0.25) is 11.8 Å². The highest BCUT2D eigenvalue weighted by Crippen LogP contribution is 2.13. The van der Waals surface area contributed by atoms with E-state index in [2.05, 4.69) is 0 Å². The van der Waals surface area contributed by atoms with Crippen LogP contribution in [0.2, 0.25) is 0 Å². The van der Waals surface area contributed by atoms with E-state index in [1.54, 1.807) is 30.2 Å². The van der Waals surface area contributed by atoms with E-state index in [9.17, 15) is 19.7 Å². The Kier molecular flexibility index (Phi) is 9.81. The highest BCUT2D eigenvalue weighted by atomic mass is 16.6. The molecule has 9 heteroatoms. The summed E-state index contributed by atoms with van der Waals surface area (Å²) in [6, 6.07) is 9.80. The molecule has 1 aromatic heterocycles. The first-order valence-electron chi connectivity index (χ1n) is 10.8. The summed E-state index contributed by atoms with van der Waals surface area (Å²) in [6.45, 7) is 5.59. The molecule has 0 unspecified atom stereocenters. The third-order valence-corrected chi connectivity index (χ3v) is 5.07. The van der Waals surface area contributed by atoms with Crippen molar-refractivity contribution in [1.82, 2.24) is 14.4 Å². The zero-order chi connectivity index (χ0) is 24.4. The first kappa shape index (κ1) is 25.8. The Hall–Kier alpha value is -3.46. The average molecular weight is 457 g/mol. The number of hydrogen-bond donors (Lipinski definition) is 0. The number of benzene rings is 1. The topological polar surface area (TPSA) is 97.9 Å². The van der Waals surface area contributed by atoms with Crippen LogP contribution in [0.1, 0.15) is 25.1 Å². The largest absolute Gasteiger partial charge is 0.383 e. The lowest BCUT2D eigenvalue weighted by molar-refractivity contribution is -0.384. The zero-order valence-electron chi connectivity index (χ0n) is 19.6. The second-order valence-electron chi connectivity index (χ2n) is 8.21. The minimum atomic E-state index is -0.473. The van der Waals surface area contributed by atoms with Crippen LogP contribution in [0.25, 0.3) is 6.08 Å². The van der Waals surface area contributed by atoms with Gasteiger partial charge in [0.25, 0.3) is 5.69 Å². The van der Waals surface area contributed by atoms with E-state index in [0.717, 1.165) is 5.69 Å². The summed E-state index contributed by atoms with van der Waals surface area (Å²) in [5.41, 5.74) is 1.63. The van der Waals surface area contributed by atoms with E-state index in [-0.39, 0.29) is 30.0 Å². The molecule has 2 rings (SSSR count). The Morgan fingerprint density at radius 3 is 2.42 bits per heavy atom. The lowest BCUT2D eigenvalue weighted by Gasteiger charge is -2.28. The van der Waals surface area contributed by atoms with Crippen molar-refractivity contribution in [2.45, 2.75) is 20.4 Å². The molecular formula is C24H32N4O5. The maximum absolute atomic E-state index is 13.1. The monoisotopic (exact) mass is 456 g/mol. The Bertz CT molecular complexity index is 965. The van der Waals surface area contributed by atoms with E-state index >= 15 is 0 Å². The molecule has 1 heterocycles. The fourth-order valence-electron chi connectivity index (χ4n) is 3.27. The van der Waals surface area contributed by atoms with Crippen molar-refractivity contribution in [1.29, 1.82) is 0 Å². The van der Waals surface area contributed by atoms with Gasteiger partial charge in [-0.25, -0.2) is 0 Å². The molecule has 0 saturated carbocycles. The molecule has 2 amide bonds. The van der Waals surface area contributed by atoms with Crippen molar-refractivity contribution in [3.05, 3.63) is 70.0 Å². The van der Waals surface area contributed by atoms with Crippen molar-refractivity contribution in [2.24, 2.45) is 13.0 Å². The van der Waals surface area contributed by atoms with Gasteiger partial charge in [-0.2, -0.15) is 0 Å². The number of non-ortho nitro benzene ring substituents is 1. The van der Waals surface area contributed by atoms with Gasteiger partial charge in [0.15, 0.2) is 0 Å². The van der Waals surface area contributed by atoms with Crippen molar-refractivity contribution < 1.29 is 19.2 Å². The summed E-state index contributed by atoms with van der Waals surface area (Å²) in [7, 11) is 3.51. The number of rotatable bonds is 12. The number of carbonyl (C=O) groups is 2. The summed E-state index contributed by atoms with van der Waals surface area (Å²) < 4.78 is 7.12. The number of nitro groups is 1. The molecule has 178 valence electrons. The maximum atomic E-state index is 13.1. The van der Waals surface area contributed by atoms with Gasteiger partial charge < -0.3 is 19.1 Å². The quantitative estimate of drug-likeness (QED) is 0.278. The van der Waals surface area contributed by atoms with Crippen LogP contribution in [0.4, 0.5) is 5.69 Å². The molecule has 0 saturated heterocycles. The molecule has 0 aliphatic rings. The number of aryl methyl sites for hydroxylation is 1. The van der Waals surface area contributed by atoms with Crippen molar-refractivity contribution in [3.8, 4) is 0 Å². The Morgan fingerprint density at radius 1 is 1.18 bits per heavy atom. The fraction of sp³-hybridized carbons (Fsp3) is 0.417. The molecule has 0 aliphatic heterocycles.